The number of hydrogen-bond donors (Lipinski definition) is 3. The van der Waals surface area contributed by atoms with Crippen molar-refractivity contribution < 1.29 is 36.6 Å². The first-order chi connectivity index (χ1) is 15.1. The molecule has 3 aromatic rings. The van der Waals surface area contributed by atoms with Gasteiger partial charge < -0.3 is 10.4 Å². The third-order valence-corrected chi connectivity index (χ3v) is 5.96. The number of hydrogen-bond acceptors (Lipinski definition) is 8. The van der Waals surface area contributed by atoms with Crippen LogP contribution in [0.2, 0.25) is 0 Å². The van der Waals surface area contributed by atoms with E-state index in [9.17, 15) is 32.3 Å². The van der Waals surface area contributed by atoms with E-state index in [1.807, 2.05) is 0 Å². The zero-order chi connectivity index (χ0) is 23.2. The number of anilines is 2. The fourth-order valence-corrected chi connectivity index (χ4v) is 4.08. The molecule has 0 heterocycles. The molecule has 0 aliphatic heterocycles. The summed E-state index contributed by atoms with van der Waals surface area (Å²) in [4.78, 5) is 37.3. The Labute approximate surface area is 180 Å². The van der Waals surface area contributed by atoms with Crippen molar-refractivity contribution in [1.29, 1.82) is 0 Å². The van der Waals surface area contributed by atoms with E-state index in [1.165, 1.54) is 12.1 Å². The second-order valence-electron chi connectivity index (χ2n) is 6.77. The second kappa shape index (κ2) is 7.64. The SMILES string of the molecule is NOS(=O)(=O)c1cc(Nc2ccc(F)cc2C(=O)O)c2c(c1)C(=O)c1ccccc1C2=O. The Bertz CT molecular complexity index is 1430. The Balaban J connectivity index is 1.99. The molecule has 0 aromatic heterocycles. The Kier molecular flexibility index (Phi) is 5.09. The van der Waals surface area contributed by atoms with Crippen LogP contribution in [0, 0.1) is 5.82 Å². The molecule has 9 nitrogen and oxygen atoms in total. The number of ketones is 2. The first kappa shape index (κ1) is 21.3. The van der Waals surface area contributed by atoms with E-state index in [4.69, 9.17) is 5.90 Å². The molecule has 0 radical (unpaired) electrons. The van der Waals surface area contributed by atoms with Crippen LogP contribution in [-0.4, -0.2) is 31.1 Å². The number of carboxylic acids is 1. The van der Waals surface area contributed by atoms with Gasteiger partial charge in [-0.15, -0.1) is 0 Å². The summed E-state index contributed by atoms with van der Waals surface area (Å²) in [7, 11) is -4.50. The Hall–Kier alpha value is -3.93. The average molecular weight is 456 g/mol. The van der Waals surface area contributed by atoms with Crippen molar-refractivity contribution in [2.24, 2.45) is 5.90 Å². The van der Waals surface area contributed by atoms with Crippen molar-refractivity contribution in [3.63, 3.8) is 0 Å². The van der Waals surface area contributed by atoms with Gasteiger partial charge in [-0.1, -0.05) is 24.3 Å². The summed E-state index contributed by atoms with van der Waals surface area (Å²) in [5, 5.41) is 12.0. The fraction of sp³-hybridized carbons (Fsp3) is 0. The molecule has 1 aliphatic rings. The molecule has 0 spiro atoms. The van der Waals surface area contributed by atoms with Gasteiger partial charge in [0, 0.05) is 16.7 Å². The molecule has 0 fully saturated rings. The molecule has 4 N–H and O–H groups in total. The summed E-state index contributed by atoms with van der Waals surface area (Å²) in [5.41, 5.74) is -1.05. The highest BCUT2D eigenvalue weighted by atomic mass is 32.2. The molecule has 3 aromatic carbocycles. The Morgan fingerprint density at radius 2 is 1.59 bits per heavy atom. The van der Waals surface area contributed by atoms with Gasteiger partial charge in [0.1, 0.15) is 5.82 Å². The van der Waals surface area contributed by atoms with E-state index in [-0.39, 0.29) is 33.6 Å². The number of nitrogens with one attached hydrogen (secondary N) is 1. The van der Waals surface area contributed by atoms with Crippen LogP contribution in [0.4, 0.5) is 15.8 Å². The minimum Gasteiger partial charge on any atom is -0.478 e. The summed E-state index contributed by atoms with van der Waals surface area (Å²) in [6.07, 6.45) is 0. The lowest BCUT2D eigenvalue weighted by Crippen LogP contribution is -2.23. The molecule has 0 atom stereocenters. The summed E-state index contributed by atoms with van der Waals surface area (Å²) < 4.78 is 42.1. The van der Waals surface area contributed by atoms with E-state index >= 15 is 0 Å². The number of carboxylic acid groups (broad SMARTS) is 1. The Morgan fingerprint density at radius 3 is 2.22 bits per heavy atom. The second-order valence-corrected chi connectivity index (χ2v) is 8.34. The van der Waals surface area contributed by atoms with Gasteiger partial charge in [-0.2, -0.15) is 18.6 Å². The van der Waals surface area contributed by atoms with E-state index < -0.39 is 43.9 Å². The number of rotatable bonds is 5. The Morgan fingerprint density at radius 1 is 0.938 bits per heavy atom. The van der Waals surface area contributed by atoms with Crippen LogP contribution in [0.25, 0.3) is 0 Å². The molecule has 32 heavy (non-hydrogen) atoms. The van der Waals surface area contributed by atoms with Crippen molar-refractivity contribution in [2.45, 2.75) is 4.90 Å². The number of carbonyl (C=O) groups is 3. The lowest BCUT2D eigenvalue weighted by atomic mass is 9.83. The van der Waals surface area contributed by atoms with Crippen LogP contribution in [0.1, 0.15) is 42.2 Å². The zero-order valence-corrected chi connectivity index (χ0v) is 16.8. The lowest BCUT2D eigenvalue weighted by molar-refractivity contribution is 0.0697. The van der Waals surface area contributed by atoms with Gasteiger partial charge in [0.25, 0.3) is 0 Å². The fourth-order valence-electron chi connectivity index (χ4n) is 3.44. The molecule has 162 valence electrons. The molecular weight excluding hydrogens is 443 g/mol. The van der Waals surface area contributed by atoms with Crippen LogP contribution in [0.5, 0.6) is 0 Å². The van der Waals surface area contributed by atoms with Gasteiger partial charge in [0.05, 0.1) is 27.4 Å². The highest BCUT2D eigenvalue weighted by Gasteiger charge is 2.34. The van der Waals surface area contributed by atoms with Crippen molar-refractivity contribution in [2.75, 3.05) is 5.32 Å². The maximum absolute atomic E-state index is 13.6. The van der Waals surface area contributed by atoms with Crippen LogP contribution < -0.4 is 11.2 Å². The maximum atomic E-state index is 13.6. The first-order valence-corrected chi connectivity index (χ1v) is 10.3. The number of aromatic carboxylic acids is 1. The number of nitrogens with two attached hydrogens (primary N) is 1. The normalized spacial score (nSPS) is 12.8. The molecule has 1 aliphatic carbocycles. The summed E-state index contributed by atoms with van der Waals surface area (Å²) in [6.45, 7) is 0. The molecule has 0 saturated carbocycles. The van der Waals surface area contributed by atoms with E-state index in [0.717, 1.165) is 30.3 Å². The van der Waals surface area contributed by atoms with Gasteiger partial charge in [-0.05, 0) is 30.3 Å². The topological polar surface area (TPSA) is 153 Å². The third-order valence-electron chi connectivity index (χ3n) is 4.90. The van der Waals surface area contributed by atoms with Gasteiger partial charge in [0.15, 0.2) is 11.6 Å². The van der Waals surface area contributed by atoms with Crippen molar-refractivity contribution in [3.05, 3.63) is 88.2 Å². The molecule has 0 bridgehead atoms. The van der Waals surface area contributed by atoms with Crippen LogP contribution in [-0.2, 0) is 14.4 Å². The lowest BCUT2D eigenvalue weighted by Gasteiger charge is -2.22. The summed E-state index contributed by atoms with van der Waals surface area (Å²) >= 11 is 0. The smallest absolute Gasteiger partial charge is 0.337 e. The largest absolute Gasteiger partial charge is 0.478 e. The monoisotopic (exact) mass is 456 g/mol. The maximum Gasteiger partial charge on any atom is 0.337 e. The van der Waals surface area contributed by atoms with Gasteiger partial charge >= 0.3 is 16.1 Å². The molecule has 0 unspecified atom stereocenters. The molecular formula is C21H13FN2O7S. The van der Waals surface area contributed by atoms with Crippen molar-refractivity contribution in [3.8, 4) is 0 Å². The molecule has 0 saturated heterocycles. The average Bonchev–Trinajstić information content (AvgIpc) is 2.78. The van der Waals surface area contributed by atoms with Gasteiger partial charge in [0.2, 0.25) is 0 Å². The van der Waals surface area contributed by atoms with E-state index in [1.54, 1.807) is 12.1 Å². The zero-order valence-electron chi connectivity index (χ0n) is 16.0. The predicted octanol–water partition coefficient (Wildman–Crippen LogP) is 2.62. The highest BCUT2D eigenvalue weighted by molar-refractivity contribution is 7.86. The molecule has 11 heteroatoms. The van der Waals surface area contributed by atoms with Crippen LogP contribution in [0.3, 0.4) is 0 Å². The number of halogens is 1. The minimum absolute atomic E-state index is 0.0761. The quantitative estimate of drug-likeness (QED) is 0.385. The summed E-state index contributed by atoms with van der Waals surface area (Å²) in [6, 6.07) is 10.8. The van der Waals surface area contributed by atoms with Gasteiger partial charge in [-0.25, -0.2) is 9.18 Å². The molecule has 4 rings (SSSR count). The predicted molar refractivity (Wildman–Crippen MR) is 109 cm³/mol. The number of carbonyl (C=O) groups excluding carboxylic acids is 2. The van der Waals surface area contributed by atoms with Crippen molar-refractivity contribution in [1.82, 2.24) is 0 Å². The van der Waals surface area contributed by atoms with Gasteiger partial charge in [-0.3, -0.25) is 9.59 Å². The van der Waals surface area contributed by atoms with E-state index in [2.05, 4.69) is 9.60 Å². The minimum atomic E-state index is -4.50. The summed E-state index contributed by atoms with van der Waals surface area (Å²) in [5.74, 6) is 1.36. The third kappa shape index (κ3) is 3.43. The first-order valence-electron chi connectivity index (χ1n) is 8.93. The van der Waals surface area contributed by atoms with Crippen LogP contribution in [0.15, 0.2) is 59.5 Å². The van der Waals surface area contributed by atoms with Crippen molar-refractivity contribution >= 4 is 39.0 Å². The van der Waals surface area contributed by atoms with Crippen LogP contribution >= 0.6 is 0 Å². The highest BCUT2D eigenvalue weighted by Crippen LogP contribution is 2.36. The number of fused-ring (bicyclic) bond motifs is 2. The molecule has 0 amide bonds. The van der Waals surface area contributed by atoms with E-state index in [0.29, 0.717) is 0 Å². The standard InChI is InChI=1S/C21H13FN2O7S/c22-10-5-6-16(14(7-10)21(27)28)24-17-9-11(32(29,30)31-23)8-15-18(17)20(26)13-4-2-1-3-12(13)19(15)25/h1-9,24H,23H2,(H,27,28). The number of benzene rings is 3.